The summed E-state index contributed by atoms with van der Waals surface area (Å²) in [6, 6.07) is 0.456. The van der Waals surface area contributed by atoms with E-state index in [1.165, 1.54) is 19.4 Å². The molecule has 1 saturated heterocycles. The first-order valence-electron chi connectivity index (χ1n) is 6.81. The van der Waals surface area contributed by atoms with E-state index in [0.717, 1.165) is 17.8 Å². The highest BCUT2D eigenvalue weighted by atomic mass is 16.2. The zero-order chi connectivity index (χ0) is 13.8. The Hall–Kier alpha value is -1.56. The molecule has 2 N–H and O–H groups in total. The molecule has 1 aromatic rings. The van der Waals surface area contributed by atoms with E-state index in [9.17, 15) is 4.79 Å². The molecular formula is C13H23N5O. The fourth-order valence-electron chi connectivity index (χ4n) is 2.59. The molecule has 2 heterocycles. The zero-order valence-corrected chi connectivity index (χ0v) is 11.9. The number of carbonyl (C=O) groups excluding carboxylic acids is 1. The third-order valence-corrected chi connectivity index (χ3v) is 3.70. The van der Waals surface area contributed by atoms with E-state index in [-0.39, 0.29) is 6.03 Å². The van der Waals surface area contributed by atoms with E-state index >= 15 is 0 Å². The van der Waals surface area contributed by atoms with Crippen LogP contribution in [0.3, 0.4) is 0 Å². The van der Waals surface area contributed by atoms with Crippen LogP contribution in [0.1, 0.15) is 25.0 Å². The van der Waals surface area contributed by atoms with Gasteiger partial charge in [-0.3, -0.25) is 4.68 Å². The highest BCUT2D eigenvalue weighted by Crippen LogP contribution is 2.17. The molecule has 0 saturated carbocycles. The lowest BCUT2D eigenvalue weighted by molar-refractivity contribution is 0.248. The molecule has 1 unspecified atom stereocenters. The van der Waals surface area contributed by atoms with Crippen LogP contribution in [0.2, 0.25) is 0 Å². The van der Waals surface area contributed by atoms with Crippen molar-refractivity contribution in [2.24, 2.45) is 7.05 Å². The molecule has 2 amide bonds. The van der Waals surface area contributed by atoms with Crippen LogP contribution in [0.15, 0.2) is 6.20 Å². The van der Waals surface area contributed by atoms with E-state index in [0.29, 0.717) is 12.6 Å². The van der Waals surface area contributed by atoms with Crippen molar-refractivity contribution in [3.8, 4) is 0 Å². The lowest BCUT2D eigenvalue weighted by Gasteiger charge is -2.19. The minimum absolute atomic E-state index is 0.156. The van der Waals surface area contributed by atoms with Crippen molar-refractivity contribution in [2.75, 3.05) is 25.5 Å². The number of aromatic nitrogens is 2. The number of likely N-dealkylation sites (tertiary alicyclic amines) is 1. The molecule has 0 radical (unpaired) electrons. The number of amides is 2. The molecule has 19 heavy (non-hydrogen) atoms. The van der Waals surface area contributed by atoms with Gasteiger partial charge < -0.3 is 15.5 Å². The van der Waals surface area contributed by atoms with Gasteiger partial charge in [0.15, 0.2) is 0 Å². The second-order valence-corrected chi connectivity index (χ2v) is 5.25. The van der Waals surface area contributed by atoms with Crippen molar-refractivity contribution in [1.82, 2.24) is 20.0 Å². The predicted molar refractivity (Wildman–Crippen MR) is 75.2 cm³/mol. The van der Waals surface area contributed by atoms with E-state index in [2.05, 4.69) is 27.7 Å². The molecule has 0 spiro atoms. The SMILES string of the molecule is Cc1nn(C)cc1NC(=O)NCCC1CCCN1C. The summed E-state index contributed by atoms with van der Waals surface area (Å²) in [5.74, 6) is 0. The van der Waals surface area contributed by atoms with Gasteiger partial charge in [0.2, 0.25) is 0 Å². The average Bonchev–Trinajstić information content (AvgIpc) is 2.86. The highest BCUT2D eigenvalue weighted by Gasteiger charge is 2.20. The maximum absolute atomic E-state index is 11.8. The van der Waals surface area contributed by atoms with Gasteiger partial charge in [-0.2, -0.15) is 5.10 Å². The molecule has 0 bridgehead atoms. The fourth-order valence-corrected chi connectivity index (χ4v) is 2.59. The standard InChI is InChI=1S/C13H23N5O/c1-10-12(9-18(3)16-10)15-13(19)14-7-6-11-5-4-8-17(11)2/h9,11H,4-8H2,1-3H3,(H2,14,15,19). The van der Waals surface area contributed by atoms with Gasteiger partial charge in [0.1, 0.15) is 0 Å². The van der Waals surface area contributed by atoms with Crippen LogP contribution in [0.5, 0.6) is 0 Å². The van der Waals surface area contributed by atoms with Gasteiger partial charge in [0.05, 0.1) is 11.4 Å². The Balaban J connectivity index is 1.71. The van der Waals surface area contributed by atoms with Gasteiger partial charge in [-0.15, -0.1) is 0 Å². The van der Waals surface area contributed by atoms with Crippen LogP contribution in [0, 0.1) is 6.92 Å². The molecule has 0 aromatic carbocycles. The molecule has 6 heteroatoms. The van der Waals surface area contributed by atoms with Crippen molar-refractivity contribution in [1.29, 1.82) is 0 Å². The van der Waals surface area contributed by atoms with Gasteiger partial charge in [-0.1, -0.05) is 0 Å². The summed E-state index contributed by atoms with van der Waals surface area (Å²) in [6.45, 7) is 3.76. The van der Waals surface area contributed by atoms with Gasteiger partial charge in [-0.05, 0) is 39.8 Å². The van der Waals surface area contributed by atoms with Crippen LogP contribution in [0.25, 0.3) is 0 Å². The summed E-state index contributed by atoms with van der Waals surface area (Å²) in [5, 5.41) is 9.91. The number of rotatable bonds is 4. The summed E-state index contributed by atoms with van der Waals surface area (Å²) < 4.78 is 1.69. The largest absolute Gasteiger partial charge is 0.338 e. The second-order valence-electron chi connectivity index (χ2n) is 5.25. The number of urea groups is 1. The lowest BCUT2D eigenvalue weighted by Crippen LogP contribution is -2.34. The zero-order valence-electron chi connectivity index (χ0n) is 11.9. The minimum Gasteiger partial charge on any atom is -0.338 e. The molecular weight excluding hydrogens is 242 g/mol. The third kappa shape index (κ3) is 3.70. The lowest BCUT2D eigenvalue weighted by atomic mass is 10.1. The summed E-state index contributed by atoms with van der Waals surface area (Å²) in [4.78, 5) is 14.1. The van der Waals surface area contributed by atoms with Crippen LogP contribution in [-0.4, -0.2) is 46.9 Å². The number of hydrogen-bond donors (Lipinski definition) is 2. The van der Waals surface area contributed by atoms with Crippen LogP contribution >= 0.6 is 0 Å². The van der Waals surface area contributed by atoms with Crippen molar-refractivity contribution in [3.63, 3.8) is 0 Å². The Morgan fingerprint density at radius 1 is 1.53 bits per heavy atom. The normalized spacial score (nSPS) is 19.6. The average molecular weight is 265 g/mol. The molecule has 6 nitrogen and oxygen atoms in total. The molecule has 0 aliphatic carbocycles. The first-order valence-corrected chi connectivity index (χ1v) is 6.81. The number of nitrogens with one attached hydrogen (secondary N) is 2. The summed E-state index contributed by atoms with van der Waals surface area (Å²) in [6.07, 6.45) is 5.32. The predicted octanol–water partition coefficient (Wildman–Crippen LogP) is 1.33. The monoisotopic (exact) mass is 265 g/mol. The third-order valence-electron chi connectivity index (χ3n) is 3.70. The fraction of sp³-hybridized carbons (Fsp3) is 0.692. The first-order chi connectivity index (χ1) is 9.06. The quantitative estimate of drug-likeness (QED) is 0.863. The molecule has 1 fully saturated rings. The Morgan fingerprint density at radius 3 is 2.89 bits per heavy atom. The topological polar surface area (TPSA) is 62.2 Å². The van der Waals surface area contributed by atoms with Crippen LogP contribution in [0.4, 0.5) is 10.5 Å². The maximum Gasteiger partial charge on any atom is 0.319 e. The van der Waals surface area contributed by atoms with Crippen LogP contribution in [-0.2, 0) is 7.05 Å². The number of aryl methyl sites for hydroxylation is 2. The number of nitrogens with zero attached hydrogens (tertiary/aromatic N) is 3. The summed E-state index contributed by atoms with van der Waals surface area (Å²) >= 11 is 0. The van der Waals surface area contributed by atoms with Gasteiger partial charge in [0, 0.05) is 25.8 Å². The van der Waals surface area contributed by atoms with Gasteiger partial charge in [-0.25, -0.2) is 4.79 Å². The number of carbonyl (C=O) groups is 1. The molecule has 1 aromatic heterocycles. The summed E-state index contributed by atoms with van der Waals surface area (Å²) in [5.41, 5.74) is 1.59. The molecule has 1 atom stereocenters. The Bertz CT molecular complexity index is 442. The Kier molecular flexibility index (Phi) is 4.42. The highest BCUT2D eigenvalue weighted by molar-refractivity contribution is 5.89. The maximum atomic E-state index is 11.8. The second kappa shape index (κ2) is 6.06. The van der Waals surface area contributed by atoms with Crippen molar-refractivity contribution in [2.45, 2.75) is 32.2 Å². The Morgan fingerprint density at radius 2 is 2.32 bits per heavy atom. The van der Waals surface area contributed by atoms with E-state index in [1.807, 2.05) is 14.0 Å². The molecule has 1 aliphatic rings. The van der Waals surface area contributed by atoms with Crippen molar-refractivity contribution >= 4 is 11.7 Å². The first kappa shape index (κ1) is 13.9. The van der Waals surface area contributed by atoms with Crippen LogP contribution < -0.4 is 10.6 Å². The number of hydrogen-bond acceptors (Lipinski definition) is 3. The molecule has 1 aliphatic heterocycles. The molecule has 106 valence electrons. The van der Waals surface area contributed by atoms with Crippen molar-refractivity contribution in [3.05, 3.63) is 11.9 Å². The molecule has 2 rings (SSSR count). The van der Waals surface area contributed by atoms with E-state index in [4.69, 9.17) is 0 Å². The van der Waals surface area contributed by atoms with E-state index < -0.39 is 0 Å². The Labute approximate surface area is 114 Å². The minimum atomic E-state index is -0.156. The smallest absolute Gasteiger partial charge is 0.319 e. The number of anilines is 1. The van der Waals surface area contributed by atoms with E-state index in [1.54, 1.807) is 10.9 Å². The summed E-state index contributed by atoms with van der Waals surface area (Å²) in [7, 11) is 3.99. The van der Waals surface area contributed by atoms with Crippen molar-refractivity contribution < 1.29 is 4.79 Å². The van der Waals surface area contributed by atoms with Gasteiger partial charge in [0.25, 0.3) is 0 Å². The van der Waals surface area contributed by atoms with Gasteiger partial charge >= 0.3 is 6.03 Å².